The number of nitrogens with zero attached hydrogens (tertiary/aromatic N) is 1. The zero-order chi connectivity index (χ0) is 13.1. The molecule has 1 aromatic carbocycles. The van der Waals surface area contributed by atoms with E-state index >= 15 is 0 Å². The number of hydrogen-bond acceptors (Lipinski definition) is 3. The lowest BCUT2D eigenvalue weighted by molar-refractivity contribution is 0.688. The zero-order valence-electron chi connectivity index (χ0n) is 10.3. The topological polar surface area (TPSA) is 24.9 Å². The van der Waals surface area contributed by atoms with Gasteiger partial charge < -0.3 is 5.32 Å². The van der Waals surface area contributed by atoms with Crippen LogP contribution in [0.25, 0.3) is 10.9 Å². The van der Waals surface area contributed by atoms with Gasteiger partial charge in [-0.2, -0.15) is 0 Å². The maximum atomic E-state index is 4.64. The average molecular weight is 333 g/mol. The van der Waals surface area contributed by atoms with Crippen LogP contribution < -0.4 is 5.32 Å². The lowest BCUT2D eigenvalue weighted by Gasteiger charge is -2.04. The Morgan fingerprint density at radius 3 is 2.84 bits per heavy atom. The third-order valence-electron chi connectivity index (χ3n) is 2.88. The summed E-state index contributed by atoms with van der Waals surface area (Å²) in [5.41, 5.74) is 2.13. The molecule has 0 bridgehead atoms. The monoisotopic (exact) mass is 332 g/mol. The van der Waals surface area contributed by atoms with Gasteiger partial charge in [-0.1, -0.05) is 24.3 Å². The lowest BCUT2D eigenvalue weighted by atomic mass is 10.2. The average Bonchev–Trinajstić information content (AvgIpc) is 2.84. The van der Waals surface area contributed by atoms with Crippen LogP contribution in [0.3, 0.4) is 0 Å². The smallest absolute Gasteiger partial charge is 0.0705 e. The van der Waals surface area contributed by atoms with Gasteiger partial charge >= 0.3 is 0 Å². The van der Waals surface area contributed by atoms with Crippen molar-refractivity contribution < 1.29 is 0 Å². The van der Waals surface area contributed by atoms with Crippen molar-refractivity contribution in [2.75, 3.05) is 0 Å². The fraction of sp³-hybridized carbons (Fsp3) is 0.133. The van der Waals surface area contributed by atoms with Crippen molar-refractivity contribution in [1.82, 2.24) is 10.3 Å². The number of rotatable bonds is 4. The first-order valence-electron chi connectivity index (χ1n) is 6.09. The predicted molar refractivity (Wildman–Crippen MR) is 84.3 cm³/mol. The molecule has 3 rings (SSSR count). The normalized spacial score (nSPS) is 11.0. The number of fused-ring (bicyclic) bond motifs is 1. The molecule has 0 aliphatic rings. The van der Waals surface area contributed by atoms with Crippen LogP contribution >= 0.6 is 27.3 Å². The van der Waals surface area contributed by atoms with Crippen LogP contribution in [0, 0.1) is 0 Å². The summed E-state index contributed by atoms with van der Waals surface area (Å²) in [6.07, 6.45) is 0. The van der Waals surface area contributed by atoms with Gasteiger partial charge in [-0.05, 0) is 34.1 Å². The second-order valence-electron chi connectivity index (χ2n) is 4.33. The van der Waals surface area contributed by atoms with Gasteiger partial charge in [-0.25, -0.2) is 0 Å². The first-order valence-corrected chi connectivity index (χ1v) is 7.77. The van der Waals surface area contributed by atoms with Crippen molar-refractivity contribution >= 4 is 38.2 Å². The SMILES string of the molecule is Brc1csc(CNCc2ccc3ccccc3n2)c1. The highest BCUT2D eigenvalue weighted by molar-refractivity contribution is 9.10. The van der Waals surface area contributed by atoms with E-state index in [4.69, 9.17) is 0 Å². The molecule has 2 aromatic heterocycles. The molecule has 1 N–H and O–H groups in total. The number of aromatic nitrogens is 1. The third kappa shape index (κ3) is 3.21. The summed E-state index contributed by atoms with van der Waals surface area (Å²) in [5.74, 6) is 0. The van der Waals surface area contributed by atoms with E-state index < -0.39 is 0 Å². The van der Waals surface area contributed by atoms with Crippen molar-refractivity contribution in [2.24, 2.45) is 0 Å². The van der Waals surface area contributed by atoms with E-state index in [1.54, 1.807) is 11.3 Å². The highest BCUT2D eigenvalue weighted by Gasteiger charge is 2.00. The Hall–Kier alpha value is -1.23. The van der Waals surface area contributed by atoms with E-state index in [2.05, 4.69) is 61.9 Å². The van der Waals surface area contributed by atoms with Crippen LogP contribution in [0.1, 0.15) is 10.6 Å². The quantitative estimate of drug-likeness (QED) is 0.768. The summed E-state index contributed by atoms with van der Waals surface area (Å²) in [6, 6.07) is 14.6. The Bertz CT molecular complexity index is 693. The Morgan fingerprint density at radius 2 is 2.00 bits per heavy atom. The highest BCUT2D eigenvalue weighted by atomic mass is 79.9. The Kier molecular flexibility index (Phi) is 3.92. The number of pyridine rings is 1. The van der Waals surface area contributed by atoms with Crippen LogP contribution in [0.15, 0.2) is 52.3 Å². The van der Waals surface area contributed by atoms with Gasteiger partial charge in [0.15, 0.2) is 0 Å². The molecule has 0 atom stereocenters. The maximum Gasteiger partial charge on any atom is 0.0705 e. The predicted octanol–water partition coefficient (Wildman–Crippen LogP) is 4.35. The van der Waals surface area contributed by atoms with Gasteiger partial charge in [0.2, 0.25) is 0 Å². The van der Waals surface area contributed by atoms with Crippen molar-refractivity contribution in [1.29, 1.82) is 0 Å². The van der Waals surface area contributed by atoms with Gasteiger partial charge in [0, 0.05) is 33.2 Å². The number of hydrogen-bond donors (Lipinski definition) is 1. The largest absolute Gasteiger partial charge is 0.306 e. The minimum absolute atomic E-state index is 0.792. The van der Waals surface area contributed by atoms with E-state index in [1.807, 2.05) is 12.1 Å². The number of nitrogens with one attached hydrogen (secondary N) is 1. The van der Waals surface area contributed by atoms with Gasteiger partial charge in [-0.3, -0.25) is 4.98 Å². The molecule has 4 heteroatoms. The van der Waals surface area contributed by atoms with Gasteiger partial charge in [0.05, 0.1) is 11.2 Å². The lowest BCUT2D eigenvalue weighted by Crippen LogP contribution is -2.12. The summed E-state index contributed by atoms with van der Waals surface area (Å²) in [5, 5.41) is 6.71. The van der Waals surface area contributed by atoms with Crippen LogP contribution in [-0.4, -0.2) is 4.98 Å². The molecule has 0 saturated heterocycles. The van der Waals surface area contributed by atoms with E-state index in [1.165, 1.54) is 10.3 Å². The summed E-state index contributed by atoms with van der Waals surface area (Å²) in [7, 11) is 0. The second kappa shape index (κ2) is 5.82. The standard InChI is InChI=1S/C15H13BrN2S/c16-12-7-14(19-10-12)9-17-8-13-6-5-11-3-1-2-4-15(11)18-13/h1-7,10,17H,8-9H2. The fourth-order valence-corrected chi connectivity index (χ4v) is 3.39. The molecule has 0 fully saturated rings. The Morgan fingerprint density at radius 1 is 1.11 bits per heavy atom. The molecule has 0 aliphatic carbocycles. The van der Waals surface area contributed by atoms with E-state index in [9.17, 15) is 0 Å². The van der Waals surface area contributed by atoms with Crippen molar-refractivity contribution in [3.8, 4) is 0 Å². The van der Waals surface area contributed by atoms with Crippen LogP contribution in [-0.2, 0) is 13.1 Å². The molecular formula is C15H13BrN2S. The molecule has 96 valence electrons. The molecular weight excluding hydrogens is 320 g/mol. The molecule has 0 saturated carbocycles. The molecule has 2 heterocycles. The fourth-order valence-electron chi connectivity index (χ4n) is 1.97. The van der Waals surface area contributed by atoms with Crippen LogP contribution in [0.5, 0.6) is 0 Å². The molecule has 0 aliphatic heterocycles. The minimum atomic E-state index is 0.792. The first-order chi connectivity index (χ1) is 9.31. The second-order valence-corrected chi connectivity index (χ2v) is 6.24. The van der Waals surface area contributed by atoms with Crippen LogP contribution in [0.2, 0.25) is 0 Å². The molecule has 2 nitrogen and oxygen atoms in total. The van der Waals surface area contributed by atoms with E-state index in [0.717, 1.165) is 28.8 Å². The highest BCUT2D eigenvalue weighted by Crippen LogP contribution is 2.19. The van der Waals surface area contributed by atoms with Gasteiger partial charge in [-0.15, -0.1) is 11.3 Å². The van der Waals surface area contributed by atoms with Crippen molar-refractivity contribution in [3.63, 3.8) is 0 Å². The van der Waals surface area contributed by atoms with E-state index in [-0.39, 0.29) is 0 Å². The van der Waals surface area contributed by atoms with Crippen molar-refractivity contribution in [3.05, 3.63) is 62.9 Å². The molecule has 0 amide bonds. The number of para-hydroxylation sites is 1. The Labute approximate surface area is 124 Å². The summed E-state index contributed by atoms with van der Waals surface area (Å²) >= 11 is 5.22. The summed E-state index contributed by atoms with van der Waals surface area (Å²) in [6.45, 7) is 1.67. The summed E-state index contributed by atoms with van der Waals surface area (Å²) < 4.78 is 1.15. The van der Waals surface area contributed by atoms with Gasteiger partial charge in [0.1, 0.15) is 0 Å². The summed E-state index contributed by atoms with van der Waals surface area (Å²) in [4.78, 5) is 5.97. The third-order valence-corrected chi connectivity index (χ3v) is 4.58. The number of thiophene rings is 1. The number of benzene rings is 1. The van der Waals surface area contributed by atoms with Crippen LogP contribution in [0.4, 0.5) is 0 Å². The first kappa shape index (κ1) is 12.8. The minimum Gasteiger partial charge on any atom is -0.306 e. The number of halogens is 1. The molecule has 0 unspecified atom stereocenters. The molecule has 0 radical (unpaired) electrons. The van der Waals surface area contributed by atoms with Crippen molar-refractivity contribution in [2.45, 2.75) is 13.1 Å². The molecule has 3 aromatic rings. The Balaban J connectivity index is 1.65. The van der Waals surface area contributed by atoms with E-state index in [0.29, 0.717) is 0 Å². The zero-order valence-corrected chi connectivity index (χ0v) is 12.7. The maximum absolute atomic E-state index is 4.64. The molecule has 19 heavy (non-hydrogen) atoms. The van der Waals surface area contributed by atoms with Gasteiger partial charge in [0.25, 0.3) is 0 Å². The molecule has 0 spiro atoms.